The average molecular weight is 217 g/mol. The van der Waals surface area contributed by atoms with Crippen LogP contribution in [0.4, 0.5) is 0 Å². The van der Waals surface area contributed by atoms with Gasteiger partial charge in [0.15, 0.2) is 0 Å². The second kappa shape index (κ2) is 3.62. The van der Waals surface area contributed by atoms with Gasteiger partial charge in [-0.15, -0.1) is 0 Å². The molecular formula is C11H7NO4. The second-order valence-corrected chi connectivity index (χ2v) is 3.24. The van der Waals surface area contributed by atoms with Gasteiger partial charge < -0.3 is 10.2 Å². The Hall–Kier alpha value is -2.43. The van der Waals surface area contributed by atoms with Crippen LogP contribution in [0.2, 0.25) is 0 Å². The molecular weight excluding hydrogens is 210 g/mol. The van der Waals surface area contributed by atoms with E-state index in [0.29, 0.717) is 10.9 Å². The predicted molar refractivity (Wildman–Crippen MR) is 55.7 cm³/mol. The quantitative estimate of drug-likeness (QED) is 0.798. The van der Waals surface area contributed by atoms with Gasteiger partial charge in [0, 0.05) is 11.6 Å². The molecule has 0 saturated carbocycles. The SMILES string of the molecule is O=C(O)c1ccc2ncc(C(=O)O)cc2c1. The third-order valence-electron chi connectivity index (χ3n) is 2.18. The Labute approximate surface area is 90.0 Å². The van der Waals surface area contributed by atoms with E-state index in [4.69, 9.17) is 10.2 Å². The van der Waals surface area contributed by atoms with Crippen molar-refractivity contribution in [3.8, 4) is 0 Å². The smallest absolute Gasteiger partial charge is 0.337 e. The zero-order valence-electron chi connectivity index (χ0n) is 8.04. The maximum absolute atomic E-state index is 10.7. The van der Waals surface area contributed by atoms with Gasteiger partial charge in [0.05, 0.1) is 16.6 Å². The number of hydrogen-bond donors (Lipinski definition) is 2. The molecule has 5 heteroatoms. The lowest BCUT2D eigenvalue weighted by Crippen LogP contribution is -1.99. The van der Waals surface area contributed by atoms with E-state index in [0.717, 1.165) is 0 Å². The van der Waals surface area contributed by atoms with E-state index in [-0.39, 0.29) is 11.1 Å². The van der Waals surface area contributed by atoms with E-state index in [2.05, 4.69) is 4.98 Å². The van der Waals surface area contributed by atoms with E-state index >= 15 is 0 Å². The van der Waals surface area contributed by atoms with Crippen molar-refractivity contribution in [3.05, 3.63) is 41.6 Å². The minimum Gasteiger partial charge on any atom is -0.478 e. The Bertz CT molecular complexity index is 543. The molecule has 0 aliphatic rings. The maximum atomic E-state index is 10.7. The Kier molecular flexibility index (Phi) is 2.28. The molecule has 16 heavy (non-hydrogen) atoms. The molecule has 0 bridgehead atoms. The van der Waals surface area contributed by atoms with Crippen molar-refractivity contribution in [1.82, 2.24) is 4.98 Å². The number of rotatable bonds is 2. The van der Waals surface area contributed by atoms with Gasteiger partial charge in [-0.2, -0.15) is 0 Å². The van der Waals surface area contributed by atoms with Crippen molar-refractivity contribution in [1.29, 1.82) is 0 Å². The van der Waals surface area contributed by atoms with E-state index in [1.165, 1.54) is 24.4 Å². The number of carboxylic acids is 2. The summed E-state index contributed by atoms with van der Waals surface area (Å²) in [6.07, 6.45) is 1.24. The molecule has 2 aromatic rings. The summed E-state index contributed by atoms with van der Waals surface area (Å²) in [6, 6.07) is 5.77. The molecule has 1 aromatic heterocycles. The minimum atomic E-state index is -1.09. The first-order valence-electron chi connectivity index (χ1n) is 4.44. The third-order valence-corrected chi connectivity index (χ3v) is 2.18. The lowest BCUT2D eigenvalue weighted by Gasteiger charge is -2.00. The fourth-order valence-electron chi connectivity index (χ4n) is 1.38. The highest BCUT2D eigenvalue weighted by Gasteiger charge is 2.07. The summed E-state index contributed by atoms with van der Waals surface area (Å²) in [5, 5.41) is 18.1. The number of pyridine rings is 1. The molecule has 0 fully saturated rings. The number of carbonyl (C=O) groups is 2. The van der Waals surface area contributed by atoms with Crippen LogP contribution in [0.25, 0.3) is 10.9 Å². The molecule has 0 saturated heterocycles. The van der Waals surface area contributed by atoms with Crippen LogP contribution in [0, 0.1) is 0 Å². The van der Waals surface area contributed by atoms with Crippen LogP contribution in [0.3, 0.4) is 0 Å². The van der Waals surface area contributed by atoms with Crippen LogP contribution < -0.4 is 0 Å². The number of aromatic carboxylic acids is 2. The van der Waals surface area contributed by atoms with E-state index in [1.807, 2.05) is 0 Å². The minimum absolute atomic E-state index is 0.0371. The Morgan fingerprint density at radius 1 is 1.00 bits per heavy atom. The summed E-state index contributed by atoms with van der Waals surface area (Å²) in [5.74, 6) is -2.14. The zero-order valence-corrected chi connectivity index (χ0v) is 8.04. The van der Waals surface area contributed by atoms with Gasteiger partial charge in [-0.3, -0.25) is 4.98 Å². The first-order chi connectivity index (χ1) is 7.58. The maximum Gasteiger partial charge on any atom is 0.337 e. The van der Waals surface area contributed by atoms with Gasteiger partial charge in [0.1, 0.15) is 0 Å². The first kappa shape index (κ1) is 10.1. The van der Waals surface area contributed by atoms with E-state index in [1.54, 1.807) is 6.07 Å². The molecule has 0 radical (unpaired) electrons. The molecule has 5 nitrogen and oxygen atoms in total. The number of carboxylic acid groups (broad SMARTS) is 2. The number of aromatic nitrogens is 1. The molecule has 0 spiro atoms. The largest absolute Gasteiger partial charge is 0.478 e. The van der Waals surface area contributed by atoms with Crippen molar-refractivity contribution >= 4 is 22.8 Å². The molecule has 0 unspecified atom stereocenters. The number of nitrogens with zero attached hydrogens (tertiary/aromatic N) is 1. The van der Waals surface area contributed by atoms with Gasteiger partial charge in [0.25, 0.3) is 0 Å². The van der Waals surface area contributed by atoms with Crippen molar-refractivity contribution in [2.45, 2.75) is 0 Å². The van der Waals surface area contributed by atoms with Crippen molar-refractivity contribution in [2.24, 2.45) is 0 Å². The predicted octanol–water partition coefficient (Wildman–Crippen LogP) is 1.63. The monoisotopic (exact) mass is 217 g/mol. The normalized spacial score (nSPS) is 10.2. The van der Waals surface area contributed by atoms with Crippen LogP contribution in [0.15, 0.2) is 30.5 Å². The van der Waals surface area contributed by atoms with Crippen molar-refractivity contribution in [3.63, 3.8) is 0 Å². The molecule has 0 amide bonds. The number of fused-ring (bicyclic) bond motifs is 1. The Morgan fingerprint density at radius 2 is 1.62 bits per heavy atom. The second-order valence-electron chi connectivity index (χ2n) is 3.24. The molecule has 0 aliphatic heterocycles. The van der Waals surface area contributed by atoms with Crippen molar-refractivity contribution in [2.75, 3.05) is 0 Å². The lowest BCUT2D eigenvalue weighted by atomic mass is 10.1. The number of hydrogen-bond acceptors (Lipinski definition) is 3. The summed E-state index contributed by atoms with van der Waals surface area (Å²) in [6.45, 7) is 0. The highest BCUT2D eigenvalue weighted by Crippen LogP contribution is 2.15. The van der Waals surface area contributed by atoms with Crippen molar-refractivity contribution < 1.29 is 19.8 Å². The molecule has 0 aliphatic carbocycles. The fourth-order valence-corrected chi connectivity index (χ4v) is 1.38. The van der Waals surface area contributed by atoms with Gasteiger partial charge in [-0.1, -0.05) is 0 Å². The van der Waals surface area contributed by atoms with Gasteiger partial charge in [-0.25, -0.2) is 9.59 Å². The number of benzene rings is 1. The van der Waals surface area contributed by atoms with E-state index in [9.17, 15) is 9.59 Å². The molecule has 2 N–H and O–H groups in total. The molecule has 80 valence electrons. The summed E-state index contributed by atoms with van der Waals surface area (Å²) in [5.41, 5.74) is 0.710. The third kappa shape index (κ3) is 1.70. The Balaban J connectivity index is 2.65. The summed E-state index contributed by atoms with van der Waals surface area (Å²) < 4.78 is 0. The highest BCUT2D eigenvalue weighted by atomic mass is 16.4. The average Bonchev–Trinajstić information content (AvgIpc) is 2.27. The summed E-state index contributed by atoms with van der Waals surface area (Å²) >= 11 is 0. The van der Waals surface area contributed by atoms with Gasteiger partial charge in [0.2, 0.25) is 0 Å². The topological polar surface area (TPSA) is 87.5 Å². The molecule has 1 aromatic carbocycles. The highest BCUT2D eigenvalue weighted by molar-refractivity contribution is 5.96. The van der Waals surface area contributed by atoms with Crippen LogP contribution in [0.5, 0.6) is 0 Å². The van der Waals surface area contributed by atoms with E-state index < -0.39 is 11.9 Å². The molecule has 2 rings (SSSR count). The lowest BCUT2D eigenvalue weighted by molar-refractivity contribution is 0.0686. The fraction of sp³-hybridized carbons (Fsp3) is 0. The molecule has 1 heterocycles. The summed E-state index contributed by atoms with van der Waals surface area (Å²) in [4.78, 5) is 25.4. The van der Waals surface area contributed by atoms with Crippen LogP contribution in [0.1, 0.15) is 20.7 Å². The van der Waals surface area contributed by atoms with Gasteiger partial charge >= 0.3 is 11.9 Å². The Morgan fingerprint density at radius 3 is 2.25 bits per heavy atom. The zero-order chi connectivity index (χ0) is 11.7. The van der Waals surface area contributed by atoms with Crippen LogP contribution >= 0.6 is 0 Å². The molecule has 0 atom stereocenters. The van der Waals surface area contributed by atoms with Crippen LogP contribution in [-0.4, -0.2) is 27.1 Å². The standard InChI is InChI=1S/C11H7NO4/c13-10(14)6-1-2-9-7(3-6)4-8(5-12-9)11(15)16/h1-5H,(H,13,14)(H,15,16). The van der Waals surface area contributed by atoms with Gasteiger partial charge in [-0.05, 0) is 24.3 Å². The van der Waals surface area contributed by atoms with Crippen LogP contribution in [-0.2, 0) is 0 Å². The first-order valence-corrected chi connectivity index (χ1v) is 4.44. The summed E-state index contributed by atoms with van der Waals surface area (Å²) in [7, 11) is 0.